The van der Waals surface area contributed by atoms with Crippen LogP contribution in [0, 0.1) is 6.92 Å². The summed E-state index contributed by atoms with van der Waals surface area (Å²) < 4.78 is 1.98. The standard InChI is InChI=1S/C10H10N2O/c1-8-11-9(5-7-13)10-4-2-3-6-12(8)10/h2-4,6-7H,5H2,1H3. The first kappa shape index (κ1) is 7.98. The normalized spacial score (nSPS) is 10.5. The number of aromatic nitrogens is 2. The summed E-state index contributed by atoms with van der Waals surface area (Å²) in [6.07, 6.45) is 3.22. The molecule has 0 aliphatic carbocycles. The molecule has 0 unspecified atom stereocenters. The molecular formula is C10H10N2O. The molecule has 0 saturated carbocycles. The highest BCUT2D eigenvalue weighted by atomic mass is 16.1. The second-order valence-electron chi connectivity index (χ2n) is 2.93. The van der Waals surface area contributed by atoms with Crippen LogP contribution in [-0.2, 0) is 11.2 Å². The molecule has 0 radical (unpaired) electrons. The predicted molar refractivity (Wildman–Crippen MR) is 49.7 cm³/mol. The van der Waals surface area contributed by atoms with Crippen LogP contribution in [0.25, 0.3) is 5.52 Å². The smallest absolute Gasteiger partial charge is 0.126 e. The third-order valence-electron chi connectivity index (χ3n) is 2.08. The Morgan fingerprint density at radius 2 is 2.38 bits per heavy atom. The Morgan fingerprint density at radius 1 is 1.54 bits per heavy atom. The quantitative estimate of drug-likeness (QED) is 0.645. The molecule has 2 aromatic heterocycles. The number of fused-ring (bicyclic) bond motifs is 1. The largest absolute Gasteiger partial charge is 0.304 e. The number of hydrogen-bond donors (Lipinski definition) is 0. The van der Waals surface area contributed by atoms with Gasteiger partial charge in [0.15, 0.2) is 0 Å². The van der Waals surface area contributed by atoms with Crippen molar-refractivity contribution in [3.05, 3.63) is 35.9 Å². The second kappa shape index (κ2) is 3.01. The number of hydrogen-bond acceptors (Lipinski definition) is 2. The molecule has 0 atom stereocenters. The molecule has 3 nitrogen and oxygen atoms in total. The van der Waals surface area contributed by atoms with E-state index in [-0.39, 0.29) is 0 Å². The van der Waals surface area contributed by atoms with Gasteiger partial charge >= 0.3 is 0 Å². The van der Waals surface area contributed by atoms with Crippen LogP contribution in [0.15, 0.2) is 24.4 Å². The van der Waals surface area contributed by atoms with Gasteiger partial charge in [0.2, 0.25) is 0 Å². The molecule has 2 heterocycles. The molecule has 13 heavy (non-hydrogen) atoms. The number of aldehydes is 1. The molecule has 66 valence electrons. The number of carbonyl (C=O) groups is 1. The van der Waals surface area contributed by atoms with Crippen molar-refractivity contribution in [2.45, 2.75) is 13.3 Å². The van der Waals surface area contributed by atoms with Crippen molar-refractivity contribution in [3.8, 4) is 0 Å². The van der Waals surface area contributed by atoms with Crippen molar-refractivity contribution >= 4 is 11.8 Å². The van der Waals surface area contributed by atoms with E-state index in [2.05, 4.69) is 4.98 Å². The summed E-state index contributed by atoms with van der Waals surface area (Å²) in [6, 6.07) is 5.87. The first-order valence-corrected chi connectivity index (χ1v) is 4.19. The number of pyridine rings is 1. The van der Waals surface area contributed by atoms with Gasteiger partial charge < -0.3 is 9.20 Å². The van der Waals surface area contributed by atoms with Crippen molar-refractivity contribution in [2.24, 2.45) is 0 Å². The molecule has 0 aliphatic rings. The van der Waals surface area contributed by atoms with E-state index < -0.39 is 0 Å². The van der Waals surface area contributed by atoms with Gasteiger partial charge in [0.25, 0.3) is 0 Å². The van der Waals surface area contributed by atoms with E-state index in [0.29, 0.717) is 6.42 Å². The molecule has 2 rings (SSSR count). The van der Waals surface area contributed by atoms with Gasteiger partial charge in [0.1, 0.15) is 12.1 Å². The molecule has 2 aromatic rings. The van der Waals surface area contributed by atoms with Crippen molar-refractivity contribution in [3.63, 3.8) is 0 Å². The van der Waals surface area contributed by atoms with Crippen LogP contribution in [0.3, 0.4) is 0 Å². The third kappa shape index (κ3) is 1.22. The molecule has 3 heteroatoms. The lowest BCUT2D eigenvalue weighted by molar-refractivity contribution is -0.107. The predicted octanol–water partition coefficient (Wildman–Crippen LogP) is 1.38. The third-order valence-corrected chi connectivity index (χ3v) is 2.08. The van der Waals surface area contributed by atoms with Crippen molar-refractivity contribution < 1.29 is 4.79 Å². The van der Waals surface area contributed by atoms with Crippen LogP contribution in [0.2, 0.25) is 0 Å². The average Bonchev–Trinajstić information content (AvgIpc) is 2.46. The highest BCUT2D eigenvalue weighted by Crippen LogP contribution is 2.11. The summed E-state index contributed by atoms with van der Waals surface area (Å²) >= 11 is 0. The SMILES string of the molecule is Cc1nc(CC=O)c2ccccn12. The van der Waals surface area contributed by atoms with Gasteiger partial charge in [-0.15, -0.1) is 0 Å². The molecule has 0 bridgehead atoms. The van der Waals surface area contributed by atoms with E-state index in [1.807, 2.05) is 35.7 Å². The Hall–Kier alpha value is -1.64. The van der Waals surface area contributed by atoms with Crippen LogP contribution in [0.4, 0.5) is 0 Å². The Labute approximate surface area is 76.0 Å². The van der Waals surface area contributed by atoms with Gasteiger partial charge in [-0.1, -0.05) is 6.07 Å². The lowest BCUT2D eigenvalue weighted by Crippen LogP contribution is -1.87. The fourth-order valence-corrected chi connectivity index (χ4v) is 1.50. The molecular weight excluding hydrogens is 164 g/mol. The van der Waals surface area contributed by atoms with Crippen LogP contribution in [-0.4, -0.2) is 15.7 Å². The minimum Gasteiger partial charge on any atom is -0.304 e. The zero-order valence-electron chi connectivity index (χ0n) is 7.40. The second-order valence-corrected chi connectivity index (χ2v) is 2.93. The summed E-state index contributed by atoms with van der Waals surface area (Å²) in [7, 11) is 0. The lowest BCUT2D eigenvalue weighted by Gasteiger charge is -1.93. The number of imidazole rings is 1. The zero-order chi connectivity index (χ0) is 9.26. The highest BCUT2D eigenvalue weighted by molar-refractivity contribution is 5.63. The summed E-state index contributed by atoms with van der Waals surface area (Å²) in [6.45, 7) is 1.93. The molecule has 0 N–H and O–H groups in total. The molecule has 0 aliphatic heterocycles. The Kier molecular flexibility index (Phi) is 1.85. The highest BCUT2D eigenvalue weighted by Gasteiger charge is 2.05. The van der Waals surface area contributed by atoms with E-state index in [1.165, 1.54) is 0 Å². The average molecular weight is 174 g/mol. The number of nitrogens with zero attached hydrogens (tertiary/aromatic N) is 2. The zero-order valence-corrected chi connectivity index (χ0v) is 7.40. The molecule has 0 saturated heterocycles. The lowest BCUT2D eigenvalue weighted by atomic mass is 10.3. The maximum atomic E-state index is 10.4. The van der Waals surface area contributed by atoms with Crippen LogP contribution >= 0.6 is 0 Å². The summed E-state index contributed by atoms with van der Waals surface area (Å²) in [4.78, 5) is 14.7. The molecule has 0 aromatic carbocycles. The van der Waals surface area contributed by atoms with Gasteiger partial charge in [-0.05, 0) is 19.1 Å². The number of carbonyl (C=O) groups excluding carboxylic acids is 1. The molecule has 0 fully saturated rings. The summed E-state index contributed by atoms with van der Waals surface area (Å²) in [5.74, 6) is 0.924. The minimum atomic E-state index is 0.390. The van der Waals surface area contributed by atoms with Gasteiger partial charge in [0, 0.05) is 12.6 Å². The van der Waals surface area contributed by atoms with Crippen LogP contribution in [0.5, 0.6) is 0 Å². The van der Waals surface area contributed by atoms with E-state index in [0.717, 1.165) is 23.3 Å². The summed E-state index contributed by atoms with van der Waals surface area (Å²) in [5.41, 5.74) is 1.88. The van der Waals surface area contributed by atoms with Gasteiger partial charge in [-0.3, -0.25) is 0 Å². The number of aryl methyl sites for hydroxylation is 1. The molecule has 0 spiro atoms. The number of rotatable bonds is 2. The van der Waals surface area contributed by atoms with Crippen LogP contribution < -0.4 is 0 Å². The van der Waals surface area contributed by atoms with Crippen molar-refractivity contribution in [1.29, 1.82) is 0 Å². The van der Waals surface area contributed by atoms with E-state index in [4.69, 9.17) is 0 Å². The van der Waals surface area contributed by atoms with Gasteiger partial charge in [-0.2, -0.15) is 0 Å². The Balaban J connectivity index is 2.70. The Morgan fingerprint density at radius 3 is 3.15 bits per heavy atom. The van der Waals surface area contributed by atoms with Gasteiger partial charge in [0.05, 0.1) is 11.2 Å². The first-order valence-electron chi connectivity index (χ1n) is 4.19. The fourth-order valence-electron chi connectivity index (χ4n) is 1.50. The van der Waals surface area contributed by atoms with E-state index in [9.17, 15) is 4.79 Å². The minimum absolute atomic E-state index is 0.390. The van der Waals surface area contributed by atoms with E-state index in [1.54, 1.807) is 0 Å². The summed E-state index contributed by atoms with van der Waals surface area (Å²) in [5, 5.41) is 0. The van der Waals surface area contributed by atoms with E-state index >= 15 is 0 Å². The maximum absolute atomic E-state index is 10.4. The maximum Gasteiger partial charge on any atom is 0.126 e. The monoisotopic (exact) mass is 174 g/mol. The Bertz CT molecular complexity index is 445. The topological polar surface area (TPSA) is 34.4 Å². The fraction of sp³-hybridized carbons (Fsp3) is 0.200. The van der Waals surface area contributed by atoms with Crippen molar-refractivity contribution in [2.75, 3.05) is 0 Å². The van der Waals surface area contributed by atoms with Gasteiger partial charge in [-0.25, -0.2) is 4.98 Å². The van der Waals surface area contributed by atoms with Crippen LogP contribution in [0.1, 0.15) is 11.5 Å². The first-order chi connectivity index (χ1) is 6.33. The molecule has 0 amide bonds. The van der Waals surface area contributed by atoms with Crippen molar-refractivity contribution in [1.82, 2.24) is 9.38 Å².